The highest BCUT2D eigenvalue weighted by Crippen LogP contribution is 2.15. The van der Waals surface area contributed by atoms with Gasteiger partial charge < -0.3 is 0 Å². The number of pyridine rings is 1. The molecule has 29 heavy (non-hydrogen) atoms. The maximum absolute atomic E-state index is 2.30. The van der Waals surface area contributed by atoms with Crippen LogP contribution in [0.5, 0.6) is 0 Å². The summed E-state index contributed by atoms with van der Waals surface area (Å²) < 4.78 is 2.30. The lowest BCUT2D eigenvalue weighted by Crippen LogP contribution is -2.32. The Morgan fingerprint density at radius 2 is 0.690 bits per heavy atom. The van der Waals surface area contributed by atoms with Gasteiger partial charge in [0, 0.05) is 18.6 Å². The number of aryl methyl sites for hydroxylation is 1. The monoisotopic (exact) mass is 402 g/mol. The largest absolute Gasteiger partial charge is 0.205 e. The number of unbranched alkanes of at least 4 members (excludes halogenated alkanes) is 20. The Morgan fingerprint density at radius 1 is 0.379 bits per heavy atom. The number of hydrogen-bond acceptors (Lipinski definition) is 0. The molecule has 0 radical (unpaired) electrons. The molecule has 1 nitrogen and oxygen atoms in total. The third kappa shape index (κ3) is 18.9. The van der Waals surface area contributed by atoms with Gasteiger partial charge in [0.25, 0.3) is 0 Å². The van der Waals surface area contributed by atoms with Gasteiger partial charge in [-0.15, -0.1) is 0 Å². The molecule has 1 rings (SSSR count). The fourth-order valence-corrected chi connectivity index (χ4v) is 4.31. The first kappa shape index (κ1) is 26.2. The summed E-state index contributed by atoms with van der Waals surface area (Å²) in [6.45, 7) is 3.48. The Morgan fingerprint density at radius 3 is 1.03 bits per heavy atom. The summed E-state index contributed by atoms with van der Waals surface area (Å²) in [4.78, 5) is 0. The SMILES string of the molecule is CCCCCCCCCCCCCCCCCCCCCCC[n+]1ccccc1. The first-order chi connectivity index (χ1) is 14.4. The van der Waals surface area contributed by atoms with Crippen LogP contribution >= 0.6 is 0 Å². The Labute approximate surface area is 183 Å². The summed E-state index contributed by atoms with van der Waals surface area (Å²) in [5, 5.41) is 0. The molecular weight excluding hydrogens is 350 g/mol. The minimum Gasteiger partial charge on any atom is -0.205 e. The van der Waals surface area contributed by atoms with Gasteiger partial charge >= 0.3 is 0 Å². The lowest BCUT2D eigenvalue weighted by molar-refractivity contribution is -0.697. The van der Waals surface area contributed by atoms with Crippen LogP contribution in [0, 0.1) is 0 Å². The second-order valence-corrected chi connectivity index (χ2v) is 9.18. The summed E-state index contributed by atoms with van der Waals surface area (Å²) >= 11 is 0. The molecule has 0 spiro atoms. The standard InChI is InChI=1S/C28H52N/c1-2-3-4-5-6-7-8-9-10-11-12-13-14-15-16-17-18-19-20-21-23-26-29-27-24-22-25-28-29/h22,24-25,27-28H,2-21,23,26H2,1H3/q+1. The summed E-state index contributed by atoms with van der Waals surface area (Å²) in [6, 6.07) is 6.34. The van der Waals surface area contributed by atoms with Crippen molar-refractivity contribution in [3.63, 3.8) is 0 Å². The van der Waals surface area contributed by atoms with E-state index in [0.717, 1.165) is 0 Å². The van der Waals surface area contributed by atoms with Crippen molar-refractivity contribution in [1.29, 1.82) is 0 Å². The van der Waals surface area contributed by atoms with Crippen LogP contribution in [0.3, 0.4) is 0 Å². The quantitative estimate of drug-likeness (QED) is 0.134. The van der Waals surface area contributed by atoms with Crippen molar-refractivity contribution in [3.8, 4) is 0 Å². The predicted octanol–water partition coefficient (Wildman–Crippen LogP) is 9.19. The molecule has 0 N–H and O–H groups in total. The van der Waals surface area contributed by atoms with Crippen molar-refractivity contribution in [2.24, 2.45) is 0 Å². The summed E-state index contributed by atoms with van der Waals surface area (Å²) in [7, 11) is 0. The summed E-state index contributed by atoms with van der Waals surface area (Å²) in [5.41, 5.74) is 0. The third-order valence-corrected chi connectivity index (χ3v) is 6.30. The smallest absolute Gasteiger partial charge is 0.168 e. The average Bonchev–Trinajstić information content (AvgIpc) is 2.75. The molecule has 0 atom stereocenters. The maximum atomic E-state index is 2.30. The minimum atomic E-state index is 1.18. The summed E-state index contributed by atoms with van der Waals surface area (Å²) in [5.74, 6) is 0. The predicted molar refractivity (Wildman–Crippen MR) is 129 cm³/mol. The van der Waals surface area contributed by atoms with E-state index in [0.29, 0.717) is 0 Å². The minimum absolute atomic E-state index is 1.18. The van der Waals surface area contributed by atoms with Crippen LogP contribution in [0.1, 0.15) is 142 Å². The molecule has 0 saturated carbocycles. The maximum Gasteiger partial charge on any atom is 0.168 e. The topological polar surface area (TPSA) is 3.88 Å². The van der Waals surface area contributed by atoms with E-state index in [-0.39, 0.29) is 0 Å². The second kappa shape index (κ2) is 21.8. The van der Waals surface area contributed by atoms with E-state index in [2.05, 4.69) is 42.1 Å². The molecule has 1 heteroatoms. The van der Waals surface area contributed by atoms with E-state index in [1.807, 2.05) is 0 Å². The zero-order valence-corrected chi connectivity index (χ0v) is 19.9. The molecule has 0 saturated heterocycles. The first-order valence-corrected chi connectivity index (χ1v) is 13.4. The first-order valence-electron chi connectivity index (χ1n) is 13.4. The van der Waals surface area contributed by atoms with E-state index in [9.17, 15) is 0 Å². The summed E-state index contributed by atoms with van der Waals surface area (Å²) in [6.07, 6.45) is 34.9. The Hall–Kier alpha value is -0.850. The van der Waals surface area contributed by atoms with Gasteiger partial charge in [-0.25, -0.2) is 4.57 Å². The molecular formula is C28H52N+. The van der Waals surface area contributed by atoms with Crippen molar-refractivity contribution < 1.29 is 4.57 Å². The second-order valence-electron chi connectivity index (χ2n) is 9.18. The molecule has 0 unspecified atom stereocenters. The van der Waals surface area contributed by atoms with E-state index < -0.39 is 0 Å². The number of rotatable bonds is 22. The van der Waals surface area contributed by atoms with Gasteiger partial charge in [-0.2, -0.15) is 0 Å². The zero-order valence-electron chi connectivity index (χ0n) is 19.9. The van der Waals surface area contributed by atoms with Crippen LogP contribution in [0.15, 0.2) is 30.6 Å². The fraction of sp³-hybridized carbons (Fsp3) is 0.821. The van der Waals surface area contributed by atoms with Crippen LogP contribution < -0.4 is 4.57 Å². The molecule has 0 bridgehead atoms. The van der Waals surface area contributed by atoms with Crippen molar-refractivity contribution in [2.75, 3.05) is 0 Å². The van der Waals surface area contributed by atoms with Crippen molar-refractivity contribution in [1.82, 2.24) is 0 Å². The molecule has 1 aromatic rings. The Balaban J connectivity index is 1.66. The number of hydrogen-bond donors (Lipinski definition) is 0. The van der Waals surface area contributed by atoms with Gasteiger partial charge in [0.2, 0.25) is 0 Å². The lowest BCUT2D eigenvalue weighted by atomic mass is 10.0. The Kier molecular flexibility index (Phi) is 19.7. The van der Waals surface area contributed by atoms with Crippen molar-refractivity contribution in [2.45, 2.75) is 148 Å². The van der Waals surface area contributed by atoms with Crippen LogP contribution in [0.4, 0.5) is 0 Å². The highest BCUT2D eigenvalue weighted by atomic mass is 14.9. The van der Waals surface area contributed by atoms with E-state index in [4.69, 9.17) is 0 Å². The van der Waals surface area contributed by atoms with Crippen LogP contribution in [0.25, 0.3) is 0 Å². The molecule has 0 aliphatic rings. The van der Waals surface area contributed by atoms with Crippen LogP contribution in [-0.4, -0.2) is 0 Å². The van der Waals surface area contributed by atoms with Crippen LogP contribution in [-0.2, 0) is 6.54 Å². The normalized spacial score (nSPS) is 11.2. The molecule has 0 amide bonds. The highest BCUT2D eigenvalue weighted by molar-refractivity contribution is 4.83. The molecule has 0 aliphatic heterocycles. The highest BCUT2D eigenvalue weighted by Gasteiger charge is 1.98. The average molecular weight is 403 g/mol. The van der Waals surface area contributed by atoms with E-state index in [1.165, 1.54) is 141 Å². The third-order valence-electron chi connectivity index (χ3n) is 6.30. The van der Waals surface area contributed by atoms with Crippen molar-refractivity contribution >= 4 is 0 Å². The lowest BCUT2D eigenvalue weighted by Gasteiger charge is -2.04. The fourth-order valence-electron chi connectivity index (χ4n) is 4.31. The van der Waals surface area contributed by atoms with E-state index in [1.54, 1.807) is 0 Å². The van der Waals surface area contributed by atoms with E-state index >= 15 is 0 Å². The molecule has 0 aliphatic carbocycles. The number of aromatic nitrogens is 1. The molecule has 1 heterocycles. The van der Waals surface area contributed by atoms with Gasteiger partial charge in [-0.1, -0.05) is 135 Å². The van der Waals surface area contributed by atoms with Gasteiger partial charge in [0.05, 0.1) is 0 Å². The zero-order chi connectivity index (χ0) is 20.7. The van der Waals surface area contributed by atoms with Crippen molar-refractivity contribution in [3.05, 3.63) is 30.6 Å². The molecule has 0 fully saturated rings. The Bertz CT molecular complexity index is 414. The molecule has 1 aromatic heterocycles. The van der Waals surface area contributed by atoms with Gasteiger partial charge in [-0.3, -0.25) is 0 Å². The molecule has 0 aromatic carbocycles. The van der Waals surface area contributed by atoms with Gasteiger partial charge in [0.15, 0.2) is 12.4 Å². The van der Waals surface area contributed by atoms with Gasteiger partial charge in [-0.05, 0) is 6.42 Å². The number of nitrogens with zero attached hydrogens (tertiary/aromatic N) is 1. The van der Waals surface area contributed by atoms with Crippen LogP contribution in [0.2, 0.25) is 0 Å². The van der Waals surface area contributed by atoms with Gasteiger partial charge in [0.1, 0.15) is 6.54 Å². The molecule has 168 valence electrons.